The molecule has 14 heteroatoms. The van der Waals surface area contributed by atoms with Gasteiger partial charge in [0.05, 0.1) is 19.8 Å². The highest BCUT2D eigenvalue weighted by atomic mass is 19.3. The Balaban J connectivity index is 1.85. The third-order valence-corrected chi connectivity index (χ3v) is 6.75. The van der Waals surface area contributed by atoms with Crippen LogP contribution in [0.2, 0.25) is 0 Å². The first kappa shape index (κ1) is 32.3. The summed E-state index contributed by atoms with van der Waals surface area (Å²) in [5.41, 5.74) is -2.79. The van der Waals surface area contributed by atoms with Crippen molar-refractivity contribution < 1.29 is 52.0 Å². The van der Waals surface area contributed by atoms with Crippen LogP contribution < -0.4 is 19.7 Å². The van der Waals surface area contributed by atoms with Crippen molar-refractivity contribution in [1.82, 2.24) is 10.3 Å². The van der Waals surface area contributed by atoms with Crippen molar-refractivity contribution in [3.63, 3.8) is 0 Å². The molecule has 1 amide bonds. The summed E-state index contributed by atoms with van der Waals surface area (Å²) in [5, 5.41) is 13.1. The molecule has 0 radical (unpaired) electrons. The Hall–Kier alpha value is -4.62. The minimum Gasteiger partial charge on any atom is -0.489 e. The van der Waals surface area contributed by atoms with E-state index in [1.807, 2.05) is 0 Å². The van der Waals surface area contributed by atoms with Gasteiger partial charge >= 0.3 is 24.6 Å². The molecular weight excluding hydrogens is 584 g/mol. The van der Waals surface area contributed by atoms with E-state index >= 15 is 0 Å². The Morgan fingerprint density at radius 2 is 1.89 bits per heavy atom. The first-order chi connectivity index (χ1) is 20.6. The Morgan fingerprint density at radius 1 is 1.18 bits per heavy atom. The van der Waals surface area contributed by atoms with Gasteiger partial charge in [0.1, 0.15) is 11.4 Å². The van der Waals surface area contributed by atoms with Crippen molar-refractivity contribution in [2.24, 2.45) is 5.92 Å². The largest absolute Gasteiger partial charge is 0.489 e. The SMILES string of the molecule is COC(=O)c1cccc(N2C(C(=O)O)=C(C(C)NC(=O)OC(C)(C)C)O[C@@]2(C)c2ccc(OC(F)F)c(OCC3CC3)c2)n1. The van der Waals surface area contributed by atoms with Crippen LogP contribution in [0.1, 0.15) is 63.5 Å². The predicted octanol–water partition coefficient (Wildman–Crippen LogP) is 5.18. The normalized spacial score (nSPS) is 18.9. The Morgan fingerprint density at radius 3 is 2.48 bits per heavy atom. The van der Waals surface area contributed by atoms with E-state index in [1.165, 1.54) is 62.3 Å². The zero-order chi connectivity index (χ0) is 32.4. The van der Waals surface area contributed by atoms with Crippen molar-refractivity contribution in [1.29, 1.82) is 0 Å². The number of methoxy groups -OCH3 is 1. The first-order valence-corrected chi connectivity index (χ1v) is 13.9. The number of carboxylic acid groups (broad SMARTS) is 1. The summed E-state index contributed by atoms with van der Waals surface area (Å²) >= 11 is 0. The Kier molecular flexibility index (Phi) is 9.21. The van der Waals surface area contributed by atoms with Gasteiger partial charge in [-0.3, -0.25) is 4.90 Å². The lowest BCUT2D eigenvalue weighted by Crippen LogP contribution is -2.43. The van der Waals surface area contributed by atoms with Gasteiger partial charge in [-0.15, -0.1) is 0 Å². The molecule has 4 rings (SSSR count). The minimum atomic E-state index is -3.11. The summed E-state index contributed by atoms with van der Waals surface area (Å²) < 4.78 is 53.4. The second-order valence-corrected chi connectivity index (χ2v) is 11.5. The summed E-state index contributed by atoms with van der Waals surface area (Å²) in [6.07, 6.45) is 1.07. The van der Waals surface area contributed by atoms with E-state index in [1.54, 1.807) is 20.8 Å². The molecule has 2 heterocycles. The number of alkyl halides is 2. The maximum Gasteiger partial charge on any atom is 0.408 e. The van der Waals surface area contributed by atoms with Gasteiger partial charge in [0.25, 0.3) is 0 Å². The quantitative estimate of drug-likeness (QED) is 0.321. The summed E-state index contributed by atoms with van der Waals surface area (Å²) in [4.78, 5) is 43.4. The molecule has 2 aromatic rings. The maximum atomic E-state index is 13.2. The standard InChI is InChI=1S/C30H35F2N3O9/c1-16(33-28(39)44-29(2,3)4)24-23(25(36)37)35(22-9-7-8-19(34-22)26(38)40-6)30(5,43-24)18-12-13-20(42-27(31)32)21(14-18)41-15-17-10-11-17/h7-9,12-14,16-17,27H,10-11,15H2,1-6H3,(H,33,39)(H,36,37)/t16?,30-/m0/s1. The summed E-state index contributed by atoms with van der Waals surface area (Å²) in [5.74, 6) is -2.31. The van der Waals surface area contributed by atoms with Crippen LogP contribution in [0.3, 0.4) is 0 Å². The van der Waals surface area contributed by atoms with E-state index in [2.05, 4.69) is 15.0 Å². The van der Waals surface area contributed by atoms with Gasteiger partial charge in [0.2, 0.25) is 5.72 Å². The number of pyridine rings is 1. The van der Waals surface area contributed by atoms with Crippen molar-refractivity contribution in [3.05, 3.63) is 59.1 Å². The third-order valence-electron chi connectivity index (χ3n) is 6.75. The molecule has 1 aromatic heterocycles. The minimum absolute atomic E-state index is 0.000925. The number of carboxylic acids is 1. The van der Waals surface area contributed by atoms with Crippen LogP contribution in [0.15, 0.2) is 47.9 Å². The average Bonchev–Trinajstić information content (AvgIpc) is 3.71. The fraction of sp³-hybridized carbons (Fsp3) is 0.467. The lowest BCUT2D eigenvalue weighted by atomic mass is 10.0. The number of amides is 1. The molecule has 1 aliphatic carbocycles. The molecule has 238 valence electrons. The molecule has 12 nitrogen and oxygen atoms in total. The zero-order valence-electron chi connectivity index (χ0n) is 25.2. The number of nitrogens with zero attached hydrogens (tertiary/aromatic N) is 2. The Labute approximate surface area is 252 Å². The lowest BCUT2D eigenvalue weighted by Gasteiger charge is -2.36. The number of alkyl carbamates (subject to hydrolysis) is 1. The van der Waals surface area contributed by atoms with E-state index < -0.39 is 47.7 Å². The molecule has 44 heavy (non-hydrogen) atoms. The van der Waals surface area contributed by atoms with Gasteiger partial charge in [0.15, 0.2) is 28.6 Å². The number of halogens is 2. The second kappa shape index (κ2) is 12.5. The summed E-state index contributed by atoms with van der Waals surface area (Å²) in [6.45, 7) is 5.22. The van der Waals surface area contributed by atoms with Gasteiger partial charge in [-0.05, 0) is 83.7 Å². The number of esters is 1. The molecule has 1 unspecified atom stereocenters. The second-order valence-electron chi connectivity index (χ2n) is 11.5. The van der Waals surface area contributed by atoms with Gasteiger partial charge in [-0.2, -0.15) is 8.78 Å². The first-order valence-electron chi connectivity index (χ1n) is 13.9. The molecule has 1 fully saturated rings. The molecule has 2 N–H and O–H groups in total. The molecule has 2 aliphatic rings. The maximum absolute atomic E-state index is 13.2. The number of rotatable bonds is 11. The molecular formula is C30H35F2N3O9. The van der Waals surface area contributed by atoms with Gasteiger partial charge < -0.3 is 34.1 Å². The fourth-order valence-electron chi connectivity index (χ4n) is 4.56. The van der Waals surface area contributed by atoms with E-state index in [4.69, 9.17) is 18.9 Å². The van der Waals surface area contributed by atoms with Crippen molar-refractivity contribution >= 4 is 23.8 Å². The van der Waals surface area contributed by atoms with E-state index in [0.717, 1.165) is 12.8 Å². The molecule has 2 atom stereocenters. The highest BCUT2D eigenvalue weighted by Gasteiger charge is 2.51. The van der Waals surface area contributed by atoms with Crippen LogP contribution in [-0.2, 0) is 24.7 Å². The fourth-order valence-corrected chi connectivity index (χ4v) is 4.56. The van der Waals surface area contributed by atoms with Crippen LogP contribution >= 0.6 is 0 Å². The summed E-state index contributed by atoms with van der Waals surface area (Å²) in [7, 11) is 1.18. The Bertz CT molecular complexity index is 1460. The van der Waals surface area contributed by atoms with Crippen LogP contribution in [0.5, 0.6) is 11.5 Å². The molecule has 0 spiro atoms. The van der Waals surface area contributed by atoms with Crippen molar-refractivity contribution in [3.8, 4) is 11.5 Å². The van der Waals surface area contributed by atoms with Crippen LogP contribution in [0, 0.1) is 5.92 Å². The average molecular weight is 620 g/mol. The zero-order valence-corrected chi connectivity index (χ0v) is 25.2. The smallest absolute Gasteiger partial charge is 0.408 e. The number of carbonyl (C=O) groups excluding carboxylic acids is 2. The monoisotopic (exact) mass is 619 g/mol. The van der Waals surface area contributed by atoms with E-state index in [9.17, 15) is 28.3 Å². The van der Waals surface area contributed by atoms with E-state index in [-0.39, 0.29) is 46.9 Å². The highest BCUT2D eigenvalue weighted by molar-refractivity contribution is 5.94. The third kappa shape index (κ3) is 7.29. The lowest BCUT2D eigenvalue weighted by molar-refractivity contribution is -0.132. The number of benzene rings is 1. The number of nitrogens with one attached hydrogen (secondary N) is 1. The van der Waals surface area contributed by atoms with Crippen LogP contribution in [0.4, 0.5) is 19.4 Å². The van der Waals surface area contributed by atoms with Crippen molar-refractivity contribution in [2.75, 3.05) is 18.6 Å². The molecule has 1 aromatic carbocycles. The number of aliphatic carboxylic acids is 1. The molecule has 1 aliphatic heterocycles. The molecule has 0 saturated heterocycles. The van der Waals surface area contributed by atoms with E-state index in [0.29, 0.717) is 0 Å². The topological polar surface area (TPSA) is 146 Å². The number of hydrogen-bond donors (Lipinski definition) is 2. The van der Waals surface area contributed by atoms with Crippen LogP contribution in [-0.4, -0.2) is 60.1 Å². The van der Waals surface area contributed by atoms with Gasteiger partial charge in [0, 0.05) is 5.56 Å². The number of carbonyl (C=O) groups is 3. The predicted molar refractivity (Wildman–Crippen MR) is 151 cm³/mol. The number of hydrogen-bond acceptors (Lipinski definition) is 10. The molecule has 1 saturated carbocycles. The number of aromatic nitrogens is 1. The van der Waals surface area contributed by atoms with Gasteiger partial charge in [-0.25, -0.2) is 19.4 Å². The summed E-state index contributed by atoms with van der Waals surface area (Å²) in [6, 6.07) is 7.43. The van der Waals surface area contributed by atoms with Gasteiger partial charge in [-0.1, -0.05) is 6.07 Å². The number of ether oxygens (including phenoxy) is 5. The van der Waals surface area contributed by atoms with Crippen molar-refractivity contribution in [2.45, 2.75) is 71.4 Å². The number of anilines is 1. The van der Waals surface area contributed by atoms with Crippen LogP contribution in [0.25, 0.3) is 0 Å². The molecule has 0 bridgehead atoms. The highest BCUT2D eigenvalue weighted by Crippen LogP contribution is 2.47.